The van der Waals surface area contributed by atoms with E-state index in [9.17, 15) is 43.2 Å². The van der Waals surface area contributed by atoms with Crippen LogP contribution >= 0.6 is 15.6 Å². The highest BCUT2D eigenvalue weighted by atomic mass is 31.2. The summed E-state index contributed by atoms with van der Waals surface area (Å²) in [5, 5.41) is 10.7. The van der Waals surface area contributed by atoms with E-state index in [1.165, 1.54) is 276 Å². The number of ether oxygens (including phenoxy) is 4. The zero-order valence-electron chi connectivity index (χ0n) is 69.7. The topological polar surface area (TPSA) is 237 Å². The summed E-state index contributed by atoms with van der Waals surface area (Å²) in [6, 6.07) is 0. The molecule has 0 rings (SSSR count). The molecule has 0 aliphatic heterocycles. The third kappa shape index (κ3) is 78.7. The van der Waals surface area contributed by atoms with E-state index in [1.54, 1.807) is 0 Å². The highest BCUT2D eigenvalue weighted by molar-refractivity contribution is 7.47. The minimum atomic E-state index is -4.97. The highest BCUT2D eigenvalue weighted by Gasteiger charge is 2.30. The summed E-state index contributed by atoms with van der Waals surface area (Å²) < 4.78 is 68.8. The molecule has 0 amide bonds. The van der Waals surface area contributed by atoms with E-state index in [0.29, 0.717) is 31.6 Å². The molecule has 0 saturated heterocycles. The van der Waals surface area contributed by atoms with Gasteiger partial charge in [0.1, 0.15) is 19.3 Å². The Morgan fingerprint density at radius 1 is 0.274 bits per heavy atom. The first-order chi connectivity index (χ1) is 51.4. The molecule has 106 heavy (non-hydrogen) atoms. The van der Waals surface area contributed by atoms with Crippen LogP contribution in [0.3, 0.4) is 0 Å². The number of unbranched alkanes of at least 4 members (excludes halogenated alkanes) is 55. The van der Waals surface area contributed by atoms with Crippen molar-refractivity contribution in [3.05, 3.63) is 0 Å². The molecule has 3 N–H and O–H groups in total. The van der Waals surface area contributed by atoms with Gasteiger partial charge in [-0.3, -0.25) is 37.3 Å². The molecule has 0 aliphatic carbocycles. The van der Waals surface area contributed by atoms with Gasteiger partial charge in [0.25, 0.3) is 0 Å². The number of hydrogen-bond donors (Lipinski definition) is 3. The number of carbonyl (C=O) groups excluding carboxylic acids is 4. The lowest BCUT2D eigenvalue weighted by Crippen LogP contribution is -2.30. The number of carbonyl (C=O) groups is 4. The maximum absolute atomic E-state index is 13.2. The Morgan fingerprint density at radius 3 is 0.717 bits per heavy atom. The Bertz CT molecular complexity index is 2030. The quantitative estimate of drug-likeness (QED) is 0.0222. The predicted molar refractivity (Wildman–Crippen MR) is 437 cm³/mol. The Kier molecular flexibility index (Phi) is 76.9. The lowest BCUT2D eigenvalue weighted by Gasteiger charge is -2.21. The summed E-state index contributed by atoms with van der Waals surface area (Å²) in [7, 11) is -9.93. The molecule has 0 spiro atoms. The fourth-order valence-corrected chi connectivity index (χ4v) is 15.1. The van der Waals surface area contributed by atoms with Crippen molar-refractivity contribution >= 4 is 39.5 Å². The van der Waals surface area contributed by atoms with Gasteiger partial charge in [-0.2, -0.15) is 0 Å². The Labute approximate surface area is 651 Å². The first kappa shape index (κ1) is 104. The minimum Gasteiger partial charge on any atom is -0.462 e. The normalized spacial score (nSPS) is 14.1. The molecule has 0 saturated carbocycles. The Morgan fingerprint density at radius 2 is 0.481 bits per heavy atom. The van der Waals surface area contributed by atoms with E-state index in [1.807, 2.05) is 0 Å². The summed E-state index contributed by atoms with van der Waals surface area (Å²) in [6.45, 7) is 9.65. The molecule has 0 aromatic rings. The SMILES string of the molecule is CCCCCCCCCCCCCCCCCCCCCCCC(=O)OC[C@H](COP(=O)(O)OC[C@@H](O)COP(=O)(O)OC[C@@H](COC(=O)CCCCCCCCC(C)C)OC(=O)CCCCCCCCCCCCCCCC)OC(=O)CCCCCCCCCCCCCCCCCCCCC(C)CC. The second-order valence-electron chi connectivity index (χ2n) is 32.0. The summed E-state index contributed by atoms with van der Waals surface area (Å²) in [5.74, 6) is -0.554. The molecule has 3 unspecified atom stereocenters. The smallest absolute Gasteiger partial charge is 0.462 e. The summed E-state index contributed by atoms with van der Waals surface area (Å²) >= 11 is 0. The van der Waals surface area contributed by atoms with Crippen molar-refractivity contribution < 1.29 is 80.2 Å². The molecule has 0 radical (unpaired) electrons. The average molecular weight is 1550 g/mol. The van der Waals surface area contributed by atoms with Crippen molar-refractivity contribution in [2.24, 2.45) is 11.8 Å². The van der Waals surface area contributed by atoms with Crippen LogP contribution in [0.25, 0.3) is 0 Å². The number of aliphatic hydroxyl groups is 1. The molecule has 19 heteroatoms. The molecule has 630 valence electrons. The van der Waals surface area contributed by atoms with Crippen LogP contribution in [0.2, 0.25) is 0 Å². The number of esters is 4. The average Bonchev–Trinajstić information content (AvgIpc) is 0.901. The first-order valence-corrected chi connectivity index (χ1v) is 48.0. The maximum atomic E-state index is 13.2. The first-order valence-electron chi connectivity index (χ1n) is 45.0. The van der Waals surface area contributed by atoms with Crippen molar-refractivity contribution in [2.45, 2.75) is 484 Å². The van der Waals surface area contributed by atoms with E-state index in [0.717, 1.165) is 102 Å². The van der Waals surface area contributed by atoms with Crippen molar-refractivity contribution in [3.63, 3.8) is 0 Å². The largest absolute Gasteiger partial charge is 0.472 e. The van der Waals surface area contributed by atoms with Gasteiger partial charge in [0.05, 0.1) is 26.4 Å². The van der Waals surface area contributed by atoms with Crippen LogP contribution in [-0.2, 0) is 65.4 Å². The predicted octanol–water partition coefficient (Wildman–Crippen LogP) is 26.6. The Hall–Kier alpha value is -1.94. The van der Waals surface area contributed by atoms with Crippen molar-refractivity contribution in [2.75, 3.05) is 39.6 Å². The van der Waals surface area contributed by atoms with Crippen LogP contribution in [0, 0.1) is 11.8 Å². The van der Waals surface area contributed by atoms with Gasteiger partial charge in [0.15, 0.2) is 12.2 Å². The van der Waals surface area contributed by atoms with Crippen molar-refractivity contribution in [3.8, 4) is 0 Å². The number of hydrogen-bond acceptors (Lipinski definition) is 15. The van der Waals surface area contributed by atoms with Crippen molar-refractivity contribution in [1.82, 2.24) is 0 Å². The Balaban J connectivity index is 5.19. The maximum Gasteiger partial charge on any atom is 0.472 e. The van der Waals surface area contributed by atoms with Gasteiger partial charge in [-0.15, -0.1) is 0 Å². The number of rotatable bonds is 86. The molecule has 0 aliphatic rings. The number of phosphoric ester groups is 2. The zero-order chi connectivity index (χ0) is 77.8. The molecular formula is C87H170O17P2. The third-order valence-electron chi connectivity index (χ3n) is 20.8. The molecular weight excluding hydrogens is 1380 g/mol. The number of aliphatic hydroxyl groups excluding tert-OH is 1. The molecule has 0 aromatic heterocycles. The monoisotopic (exact) mass is 1550 g/mol. The molecule has 6 atom stereocenters. The lowest BCUT2D eigenvalue weighted by molar-refractivity contribution is -0.161. The van der Waals surface area contributed by atoms with Crippen LogP contribution < -0.4 is 0 Å². The third-order valence-corrected chi connectivity index (χ3v) is 22.7. The summed E-state index contributed by atoms with van der Waals surface area (Å²) in [4.78, 5) is 73.2. The molecule has 0 heterocycles. The van der Waals surface area contributed by atoms with E-state index < -0.39 is 97.5 Å². The summed E-state index contributed by atoms with van der Waals surface area (Å²) in [5.41, 5.74) is 0. The van der Waals surface area contributed by atoms with E-state index >= 15 is 0 Å². The highest BCUT2D eigenvalue weighted by Crippen LogP contribution is 2.45. The van der Waals surface area contributed by atoms with E-state index in [4.69, 9.17) is 37.0 Å². The van der Waals surface area contributed by atoms with Crippen LogP contribution in [0.5, 0.6) is 0 Å². The van der Waals surface area contributed by atoms with Crippen LogP contribution in [0.1, 0.15) is 465 Å². The van der Waals surface area contributed by atoms with Crippen LogP contribution in [0.4, 0.5) is 0 Å². The summed E-state index contributed by atoms with van der Waals surface area (Å²) in [6.07, 6.45) is 71.1. The van der Waals surface area contributed by atoms with E-state index in [2.05, 4.69) is 41.5 Å². The fraction of sp³-hybridized carbons (Fsp3) is 0.954. The molecule has 17 nitrogen and oxygen atoms in total. The van der Waals surface area contributed by atoms with Gasteiger partial charge < -0.3 is 33.8 Å². The minimum absolute atomic E-state index is 0.107. The molecule has 0 fully saturated rings. The van der Waals surface area contributed by atoms with Gasteiger partial charge in [-0.05, 0) is 37.5 Å². The van der Waals surface area contributed by atoms with Gasteiger partial charge >= 0.3 is 39.5 Å². The standard InChI is InChI=1S/C87H170O17P2/c1-7-10-12-14-16-18-20-22-24-25-26-27-28-32-35-39-42-46-50-57-63-69-84(89)97-75-82(103-86(91)72-66-60-52-48-44-40-36-33-30-29-31-34-37-41-45-49-56-62-68-80(6)9-3)77-101-105(93,94)99-73-81(88)74-100-106(95,96)102-78-83(76-98-85(90)70-64-58-54-53-55-61-67-79(4)5)104-87(92)71-65-59-51-47-43-38-23-21-19-17-15-13-11-8-2/h79-83,88H,7-78H2,1-6H3,(H,93,94)(H,95,96)/t80?,81-,82-,83-/m1/s1. The zero-order valence-corrected chi connectivity index (χ0v) is 71.5. The molecule has 0 bridgehead atoms. The number of phosphoric acid groups is 2. The second-order valence-corrected chi connectivity index (χ2v) is 34.9. The van der Waals surface area contributed by atoms with Crippen molar-refractivity contribution in [1.29, 1.82) is 0 Å². The van der Waals surface area contributed by atoms with Crippen LogP contribution in [-0.4, -0.2) is 96.7 Å². The van der Waals surface area contributed by atoms with Gasteiger partial charge in [-0.1, -0.05) is 414 Å². The van der Waals surface area contributed by atoms with E-state index in [-0.39, 0.29) is 25.7 Å². The lowest BCUT2D eigenvalue weighted by atomic mass is 9.99. The fourth-order valence-electron chi connectivity index (χ4n) is 13.6. The van der Waals surface area contributed by atoms with Gasteiger partial charge in [0, 0.05) is 25.7 Å². The van der Waals surface area contributed by atoms with Gasteiger partial charge in [-0.25, -0.2) is 9.13 Å². The van der Waals surface area contributed by atoms with Gasteiger partial charge in [0.2, 0.25) is 0 Å². The molecule has 0 aromatic carbocycles. The second kappa shape index (κ2) is 78.3. The van der Waals surface area contributed by atoms with Crippen LogP contribution in [0.15, 0.2) is 0 Å².